The number of nitrogens with two attached hydrogens (primary N) is 3. The van der Waals surface area contributed by atoms with Gasteiger partial charge in [0, 0.05) is 26.2 Å². The van der Waals surface area contributed by atoms with Crippen LogP contribution in [0.4, 0.5) is 29.7 Å². The number of halogens is 1. The third-order valence-corrected chi connectivity index (χ3v) is 31.1. The molecule has 5 fully saturated rings. The maximum atomic E-state index is 7.54. The Kier molecular flexibility index (Phi) is 39.2. The number of nitrogens with one attached hydrogen (secondary N) is 3. The molecule has 0 unspecified atom stereocenters. The van der Waals surface area contributed by atoms with Gasteiger partial charge in [0.15, 0.2) is 0 Å². The number of aromatic nitrogens is 6. The van der Waals surface area contributed by atoms with Crippen LogP contribution in [0.1, 0.15) is 440 Å². The van der Waals surface area contributed by atoms with Crippen molar-refractivity contribution in [2.24, 2.45) is 13.9 Å². The van der Waals surface area contributed by atoms with Crippen molar-refractivity contribution in [2.45, 2.75) is 529 Å². The third kappa shape index (κ3) is 29.6. The second-order valence-electron chi connectivity index (χ2n) is 45.7. The van der Waals surface area contributed by atoms with Crippen LogP contribution in [0.5, 0.6) is 0 Å². The summed E-state index contributed by atoms with van der Waals surface area (Å²) in [5.74, 6) is 6.15. The maximum absolute atomic E-state index is 7.54. The van der Waals surface area contributed by atoms with Gasteiger partial charge in [0.05, 0.1) is 0 Å². The quantitative estimate of drug-likeness (QED) is 0.00904. The van der Waals surface area contributed by atoms with Gasteiger partial charge in [-0.25, -0.2) is 0 Å². The molecule has 0 saturated carbocycles. The molecule has 123 heavy (non-hydrogen) atoms. The summed E-state index contributed by atoms with van der Waals surface area (Å²) in [6.45, 7) is 88.2. The second kappa shape index (κ2) is 45.4. The number of alkyl halides is 1. The van der Waals surface area contributed by atoms with Crippen molar-refractivity contribution in [2.75, 3.05) is 83.6 Å². The molecule has 0 amide bonds. The summed E-state index contributed by atoms with van der Waals surface area (Å²) in [5.41, 5.74) is 4.60. The Balaban J connectivity index is 1.83. The number of quaternary nitrogens is 2. The van der Waals surface area contributed by atoms with Crippen molar-refractivity contribution >= 4 is 41.7 Å². The molecule has 0 spiro atoms. The van der Waals surface area contributed by atoms with Crippen LogP contribution in [-0.2, 0) is 5.54 Å². The van der Waals surface area contributed by atoms with Gasteiger partial charge in [0.25, 0.3) is 0 Å². The summed E-state index contributed by atoms with van der Waals surface area (Å²) in [6, 6.07) is -0.0240. The number of piperidine rings is 5. The zero-order valence-electron chi connectivity index (χ0n) is 86.1. The van der Waals surface area contributed by atoms with E-state index in [0.717, 1.165) is 293 Å². The van der Waals surface area contributed by atoms with E-state index in [4.69, 9.17) is 43.8 Å². The van der Waals surface area contributed by atoms with E-state index < -0.39 is 30.6 Å². The van der Waals surface area contributed by atoms with Crippen LogP contribution in [0, 0.1) is 0 Å². The molecule has 9 N–H and O–H groups in total. The number of hydrogen-bond donors (Lipinski definition) is 6. The Morgan fingerprint density at radius 2 is 0.642 bits per heavy atom. The number of hydrogen-bond acceptors (Lipinski definition) is 17. The van der Waals surface area contributed by atoms with Crippen molar-refractivity contribution in [3.05, 3.63) is 5.82 Å². The normalized spacial score (nSPS) is 21.3. The van der Waals surface area contributed by atoms with E-state index in [1.807, 2.05) is 0 Å². The summed E-state index contributed by atoms with van der Waals surface area (Å²) in [6.07, 6.45) is 31.2. The third-order valence-electron chi connectivity index (χ3n) is 27.5. The van der Waals surface area contributed by atoms with Crippen LogP contribution in [-0.4, -0.2) is 210 Å². The van der Waals surface area contributed by atoms with Gasteiger partial charge in [0.2, 0.25) is 0 Å². The molecular formula is C99H195IN23+. The molecular weight excluding hydrogens is 1640 g/mol. The molecule has 5 saturated heterocycles. The van der Waals surface area contributed by atoms with Gasteiger partial charge in [-0.2, -0.15) is 4.98 Å². The first kappa shape index (κ1) is 106. The monoisotopic (exact) mass is 1830 g/mol. The average molecular weight is 1830 g/mol. The van der Waals surface area contributed by atoms with Gasteiger partial charge in [0.1, 0.15) is 0 Å². The number of rotatable bonds is 48. The topological polar surface area (TPSA) is 227 Å². The number of guanidine groups is 2. The minimum absolute atomic E-state index is 0.0486. The first-order chi connectivity index (χ1) is 57.5. The molecule has 0 aliphatic carbocycles. The van der Waals surface area contributed by atoms with Gasteiger partial charge in [-0.05, 0) is 53.4 Å². The van der Waals surface area contributed by atoms with Gasteiger partial charge in [-0.1, -0.05) is 53.4 Å². The predicted molar refractivity (Wildman–Crippen MR) is 521 cm³/mol. The van der Waals surface area contributed by atoms with Crippen molar-refractivity contribution in [1.29, 1.82) is 0 Å². The van der Waals surface area contributed by atoms with Crippen LogP contribution in [0.25, 0.3) is 0 Å². The number of hydrazine groups is 2. The fourth-order valence-corrected chi connectivity index (χ4v) is 26.1. The summed E-state index contributed by atoms with van der Waals surface area (Å²) < 4.78 is 5.81. The predicted octanol–water partition coefficient (Wildman–Crippen LogP) is 15.7. The minimum atomic E-state index is -1.18. The Morgan fingerprint density at radius 1 is 0.350 bits per heavy atom. The molecule has 5 aliphatic heterocycles. The summed E-state index contributed by atoms with van der Waals surface area (Å²) in [7, 11) is 0. The average Bonchev–Trinajstić information content (AvgIpc) is 0.720. The van der Waals surface area contributed by atoms with Gasteiger partial charge < -0.3 is 15.1 Å². The molecule has 2 aromatic heterocycles. The Morgan fingerprint density at radius 3 is 1.02 bits per heavy atom. The molecule has 23 nitrogen and oxygen atoms in total. The van der Waals surface area contributed by atoms with Crippen molar-refractivity contribution < 1.29 is 32.1 Å². The first-order valence-electron chi connectivity index (χ1n) is 50.7. The fraction of sp³-hybridized carbons (Fsp3) is 0.919. The standard InChI is InChI=1S/C99H193IN23/c1-34-47-56-115(57-48-35-2)81(101)104-87(118(62-53-40-7)63-54-41-8)109-100-99(45-12,46-13)123(79-73-96(30,31)114-97(32,33)74-79)121(77-69-92(22,23)112-93(24,25)70-77)85-103-80(102-84(108-85)119(64-55-42-9)75-65-88(14,15)110-89(16,17)66-75)98(43-10,44-11)122(78-71-94(26,27)113-95(28,29)72-78)120(76-67-90(18,19)111-91(20,21)68-76)86-106-82(116(58-49-36-3)59-50-37-4)105-83(107-86)117(60-51-38-5)61-52-39-6/h75-79,110-114H,34-74H2,1-33H3,(H2,101,104,109)/q-1/p+2. The molecule has 2 aromatic rings. The van der Waals surface area contributed by atoms with Crippen molar-refractivity contribution in [3.8, 4) is 0 Å². The van der Waals surface area contributed by atoms with Crippen molar-refractivity contribution in [1.82, 2.24) is 65.7 Å². The van der Waals surface area contributed by atoms with E-state index in [0.29, 0.717) is 18.8 Å². The Hall–Kier alpha value is -3.79. The molecule has 0 bridgehead atoms. The van der Waals surface area contributed by atoms with Crippen molar-refractivity contribution in [3.63, 3.8) is 0 Å². The molecule has 0 radical (unpaired) electrons. The van der Waals surface area contributed by atoms with Crippen LogP contribution in [0.2, 0.25) is 0 Å². The Bertz CT molecular complexity index is 3390. The summed E-state index contributed by atoms with van der Waals surface area (Å²) in [4.78, 5) is 56.6. The van der Waals surface area contributed by atoms with E-state index in [1.54, 1.807) is 0 Å². The first-order valence-corrected chi connectivity index (χ1v) is 52.7. The molecule has 7 heterocycles. The van der Waals surface area contributed by atoms with Crippen LogP contribution in [0.15, 0.2) is 8.20 Å². The fourth-order valence-electron chi connectivity index (χ4n) is 23.5. The zero-order chi connectivity index (χ0) is 91.6. The van der Waals surface area contributed by atoms with Gasteiger partial charge in [-0.3, -0.25) is 0 Å². The zero-order valence-corrected chi connectivity index (χ0v) is 88.2. The van der Waals surface area contributed by atoms with E-state index in [2.05, 4.69) is 300 Å². The number of anilines is 5. The number of unbranched alkanes of at least 4 members (excludes halogenated alkanes) is 9. The van der Waals surface area contributed by atoms with E-state index >= 15 is 0 Å². The van der Waals surface area contributed by atoms with Gasteiger partial charge >= 0.3 is 618 Å². The summed E-state index contributed by atoms with van der Waals surface area (Å²) >= 11 is -1.18. The Labute approximate surface area is 766 Å². The van der Waals surface area contributed by atoms with E-state index in [1.165, 1.54) is 0 Å². The van der Waals surface area contributed by atoms with Gasteiger partial charge in [-0.15, -0.1) is 0 Å². The molecule has 7 rings (SSSR count). The van der Waals surface area contributed by atoms with Crippen LogP contribution in [0.3, 0.4) is 0 Å². The molecule has 24 heteroatoms. The SMILES string of the molecule is CCCCN(CCCC)C(N)=NC(=N[I-]C(CC)(CC)N(C1CC(C)(C)[NH2+]C(C)(C)C1)N(c1nc(N(CCCC)C2CC(C)(C)NC(C)(C)C2)nc(C(CC)(CC)N(C2CC(C)(C)NC(C)(C)C2)N(c2nc(N(CCCC)CCCC)nc(N(CCCC)CCCC)n2)C2CC(C)(C)[NH2+]C(C)(C)C2)n1)C1CC(C)(C)NC(C)(C)C1)N(CCCC)CCCC. The number of nitrogens with zero attached hydrogens (tertiary/aromatic N) is 17. The van der Waals surface area contributed by atoms with Crippen LogP contribution < -0.4 is 78.5 Å². The molecule has 0 atom stereocenters. The van der Waals surface area contributed by atoms with E-state index in [-0.39, 0.29) is 85.6 Å². The number of aliphatic imine (C=N–C) groups is 1. The second-order valence-corrected chi connectivity index (χ2v) is 48.7. The molecule has 712 valence electrons. The summed E-state index contributed by atoms with van der Waals surface area (Å²) in [5, 5.41) is 29.7. The molecule has 0 aromatic carbocycles. The molecule has 5 aliphatic rings. The van der Waals surface area contributed by atoms with E-state index in [9.17, 15) is 0 Å². The van der Waals surface area contributed by atoms with Crippen LogP contribution >= 0.6 is 0 Å².